The maximum atomic E-state index is 9.95. The van der Waals surface area contributed by atoms with Crippen LogP contribution in [-0.2, 0) is 4.74 Å². The number of β-amino-alcohol motifs (C(OH)–C–C–N with tert-alkyl or cyclic N) is 1. The largest absolute Gasteiger partial charge is 0.387 e. The number of hydrogen-bond acceptors (Lipinski definition) is 4. The van der Waals surface area contributed by atoms with E-state index >= 15 is 0 Å². The smallest absolute Gasteiger partial charge is 0.0931 e. The van der Waals surface area contributed by atoms with Gasteiger partial charge >= 0.3 is 0 Å². The van der Waals surface area contributed by atoms with Crippen LogP contribution < -0.4 is 0 Å². The first-order valence-electron chi connectivity index (χ1n) is 5.24. The molecule has 0 spiro atoms. The van der Waals surface area contributed by atoms with E-state index in [1.165, 1.54) is 0 Å². The molecular formula is C11H16N2O2. The predicted molar refractivity (Wildman–Crippen MR) is 56.5 cm³/mol. The molecule has 15 heavy (non-hydrogen) atoms. The molecule has 1 fully saturated rings. The lowest BCUT2D eigenvalue weighted by atomic mass is 10.1. The van der Waals surface area contributed by atoms with Crippen molar-refractivity contribution in [3.63, 3.8) is 0 Å². The van der Waals surface area contributed by atoms with Gasteiger partial charge in [0.2, 0.25) is 0 Å². The van der Waals surface area contributed by atoms with Gasteiger partial charge in [-0.05, 0) is 6.07 Å². The number of morpholine rings is 1. The van der Waals surface area contributed by atoms with Crippen LogP contribution in [-0.4, -0.2) is 47.8 Å². The number of hydrogen-bond donors (Lipinski definition) is 1. The van der Waals surface area contributed by atoms with Gasteiger partial charge < -0.3 is 9.84 Å². The normalized spacial score (nSPS) is 20.1. The Hall–Kier alpha value is -0.970. The average Bonchev–Trinajstić information content (AvgIpc) is 2.31. The van der Waals surface area contributed by atoms with Crippen LogP contribution in [0.25, 0.3) is 0 Å². The van der Waals surface area contributed by atoms with Gasteiger partial charge in [-0.1, -0.05) is 6.07 Å². The lowest BCUT2D eigenvalue weighted by Crippen LogP contribution is -2.38. The molecule has 2 rings (SSSR count). The van der Waals surface area contributed by atoms with Crippen LogP contribution in [0.3, 0.4) is 0 Å². The third-order valence-corrected chi connectivity index (χ3v) is 2.60. The van der Waals surface area contributed by atoms with E-state index in [4.69, 9.17) is 4.74 Å². The van der Waals surface area contributed by atoms with E-state index in [1.807, 2.05) is 12.1 Å². The Balaban J connectivity index is 1.88. The van der Waals surface area contributed by atoms with Crippen molar-refractivity contribution < 1.29 is 9.84 Å². The first kappa shape index (κ1) is 10.5. The monoisotopic (exact) mass is 208 g/mol. The zero-order valence-corrected chi connectivity index (χ0v) is 8.67. The van der Waals surface area contributed by atoms with Crippen molar-refractivity contribution in [3.05, 3.63) is 30.1 Å². The fourth-order valence-corrected chi connectivity index (χ4v) is 1.71. The maximum Gasteiger partial charge on any atom is 0.0931 e. The molecule has 0 bridgehead atoms. The number of nitrogens with zero attached hydrogens (tertiary/aromatic N) is 2. The molecule has 1 saturated heterocycles. The minimum atomic E-state index is -0.447. The van der Waals surface area contributed by atoms with Crippen molar-refractivity contribution in [1.29, 1.82) is 0 Å². The quantitative estimate of drug-likeness (QED) is 0.783. The first-order chi connectivity index (χ1) is 7.36. The van der Waals surface area contributed by atoms with Crippen molar-refractivity contribution in [3.8, 4) is 0 Å². The summed E-state index contributed by atoms with van der Waals surface area (Å²) in [7, 11) is 0. The van der Waals surface area contributed by atoms with Gasteiger partial charge in [0.15, 0.2) is 0 Å². The summed E-state index contributed by atoms with van der Waals surface area (Å²) < 4.78 is 5.25. The second kappa shape index (κ2) is 5.21. The Morgan fingerprint density at radius 1 is 1.47 bits per heavy atom. The van der Waals surface area contributed by atoms with Crippen LogP contribution in [0.15, 0.2) is 24.5 Å². The van der Waals surface area contributed by atoms with Crippen LogP contribution >= 0.6 is 0 Å². The van der Waals surface area contributed by atoms with Gasteiger partial charge in [-0.15, -0.1) is 0 Å². The summed E-state index contributed by atoms with van der Waals surface area (Å²) in [5, 5.41) is 9.95. The first-order valence-corrected chi connectivity index (χ1v) is 5.24. The molecule has 1 aromatic rings. The number of pyridine rings is 1. The molecule has 0 aromatic carbocycles. The van der Waals surface area contributed by atoms with Crippen molar-refractivity contribution in [2.45, 2.75) is 6.10 Å². The van der Waals surface area contributed by atoms with Gasteiger partial charge in [0, 0.05) is 37.6 Å². The zero-order valence-electron chi connectivity index (χ0n) is 8.67. The summed E-state index contributed by atoms with van der Waals surface area (Å²) in [6, 6.07) is 3.75. The van der Waals surface area contributed by atoms with Crippen LogP contribution in [0, 0.1) is 0 Å². The summed E-state index contributed by atoms with van der Waals surface area (Å²) in [6.07, 6.45) is 2.98. The molecule has 82 valence electrons. The number of aliphatic hydroxyl groups is 1. The highest BCUT2D eigenvalue weighted by Crippen LogP contribution is 2.13. The second-order valence-corrected chi connectivity index (χ2v) is 3.72. The molecule has 1 unspecified atom stereocenters. The summed E-state index contributed by atoms with van der Waals surface area (Å²) in [4.78, 5) is 6.21. The molecule has 0 aliphatic carbocycles. The van der Waals surface area contributed by atoms with Crippen molar-refractivity contribution in [1.82, 2.24) is 9.88 Å². The minimum Gasteiger partial charge on any atom is -0.387 e. The highest BCUT2D eigenvalue weighted by molar-refractivity contribution is 5.12. The van der Waals surface area contributed by atoms with E-state index < -0.39 is 6.10 Å². The third kappa shape index (κ3) is 2.99. The summed E-state index contributed by atoms with van der Waals surface area (Å²) in [6.45, 7) is 3.99. The lowest BCUT2D eigenvalue weighted by Gasteiger charge is -2.28. The second-order valence-electron chi connectivity index (χ2n) is 3.72. The van der Waals surface area contributed by atoms with E-state index in [2.05, 4.69) is 9.88 Å². The van der Waals surface area contributed by atoms with Gasteiger partial charge in [0.05, 0.1) is 19.3 Å². The molecule has 1 N–H and O–H groups in total. The van der Waals surface area contributed by atoms with E-state index in [1.54, 1.807) is 12.4 Å². The Morgan fingerprint density at radius 2 is 2.27 bits per heavy atom. The van der Waals surface area contributed by atoms with Gasteiger partial charge in [0.1, 0.15) is 0 Å². The lowest BCUT2D eigenvalue weighted by molar-refractivity contribution is 0.0143. The van der Waals surface area contributed by atoms with Crippen molar-refractivity contribution in [2.24, 2.45) is 0 Å². The van der Waals surface area contributed by atoms with Gasteiger partial charge in [0.25, 0.3) is 0 Å². The number of ether oxygens (including phenoxy) is 1. The van der Waals surface area contributed by atoms with Crippen molar-refractivity contribution >= 4 is 0 Å². The fourth-order valence-electron chi connectivity index (χ4n) is 1.71. The Morgan fingerprint density at radius 3 is 2.93 bits per heavy atom. The minimum absolute atomic E-state index is 0.447. The van der Waals surface area contributed by atoms with Crippen LogP contribution in [0.5, 0.6) is 0 Å². The number of aromatic nitrogens is 1. The van der Waals surface area contributed by atoms with Gasteiger partial charge in [-0.2, -0.15) is 0 Å². The average molecular weight is 208 g/mol. The molecular weight excluding hydrogens is 192 g/mol. The molecule has 0 radical (unpaired) electrons. The Kier molecular flexibility index (Phi) is 3.66. The highest BCUT2D eigenvalue weighted by Gasteiger charge is 2.15. The molecule has 0 saturated carbocycles. The van der Waals surface area contributed by atoms with Crippen LogP contribution in [0.1, 0.15) is 11.7 Å². The fraction of sp³-hybridized carbons (Fsp3) is 0.545. The third-order valence-electron chi connectivity index (χ3n) is 2.60. The van der Waals surface area contributed by atoms with Crippen LogP contribution in [0.2, 0.25) is 0 Å². The Bertz CT molecular complexity index is 286. The topological polar surface area (TPSA) is 45.6 Å². The van der Waals surface area contributed by atoms with E-state index in [-0.39, 0.29) is 0 Å². The SMILES string of the molecule is OC(CN1CCOCC1)c1cccnc1. The molecule has 1 aliphatic heterocycles. The van der Waals surface area contributed by atoms with Gasteiger partial charge in [-0.25, -0.2) is 0 Å². The van der Waals surface area contributed by atoms with Crippen LogP contribution in [0.4, 0.5) is 0 Å². The van der Waals surface area contributed by atoms with Gasteiger partial charge in [-0.3, -0.25) is 9.88 Å². The highest BCUT2D eigenvalue weighted by atomic mass is 16.5. The maximum absolute atomic E-state index is 9.95. The summed E-state index contributed by atoms with van der Waals surface area (Å²) in [5.74, 6) is 0. The molecule has 1 aliphatic rings. The van der Waals surface area contributed by atoms with E-state index in [9.17, 15) is 5.11 Å². The molecule has 2 heterocycles. The molecule has 4 nitrogen and oxygen atoms in total. The van der Waals surface area contributed by atoms with E-state index in [0.29, 0.717) is 6.54 Å². The zero-order chi connectivity index (χ0) is 10.5. The summed E-state index contributed by atoms with van der Waals surface area (Å²) >= 11 is 0. The predicted octanol–water partition coefficient (Wildman–Crippen LogP) is 0.447. The molecule has 1 aromatic heterocycles. The molecule has 1 atom stereocenters. The molecule has 0 amide bonds. The number of aliphatic hydroxyl groups excluding tert-OH is 1. The standard InChI is InChI=1S/C11H16N2O2/c14-11(10-2-1-3-12-8-10)9-13-4-6-15-7-5-13/h1-3,8,11,14H,4-7,9H2. The Labute approximate surface area is 89.5 Å². The molecule has 4 heteroatoms. The summed E-state index contributed by atoms with van der Waals surface area (Å²) in [5.41, 5.74) is 0.879. The van der Waals surface area contributed by atoms with Crippen molar-refractivity contribution in [2.75, 3.05) is 32.8 Å². The number of rotatable bonds is 3. The van der Waals surface area contributed by atoms with E-state index in [0.717, 1.165) is 31.9 Å².